The normalized spacial score (nSPS) is 20.4. The Bertz CT molecular complexity index is 368. The number of rotatable bonds is 3. The number of hydrogen-bond donors (Lipinski definition) is 1. The third-order valence-corrected chi connectivity index (χ3v) is 2.93. The highest BCUT2D eigenvalue weighted by Crippen LogP contribution is 2.24. The van der Waals surface area contributed by atoms with E-state index in [9.17, 15) is 8.78 Å². The zero-order valence-electron chi connectivity index (χ0n) is 9.34. The van der Waals surface area contributed by atoms with Crippen LogP contribution in [0.3, 0.4) is 0 Å². The number of anilines is 1. The Morgan fingerprint density at radius 2 is 2.25 bits per heavy atom. The van der Waals surface area contributed by atoms with Crippen molar-refractivity contribution in [2.24, 2.45) is 0 Å². The van der Waals surface area contributed by atoms with Crippen LogP contribution in [0.25, 0.3) is 0 Å². The number of likely N-dealkylation sites (N-methyl/N-ethyl adjacent to an activating group) is 1. The van der Waals surface area contributed by atoms with E-state index in [1.807, 2.05) is 4.90 Å². The Labute approximate surface area is 94.3 Å². The van der Waals surface area contributed by atoms with Gasteiger partial charge in [-0.3, -0.25) is 0 Å². The van der Waals surface area contributed by atoms with Crippen molar-refractivity contribution < 1.29 is 8.78 Å². The van der Waals surface area contributed by atoms with Crippen molar-refractivity contribution in [3.8, 4) is 0 Å². The molecule has 0 saturated carbocycles. The van der Waals surface area contributed by atoms with Gasteiger partial charge in [0, 0.05) is 25.2 Å². The fraction of sp³-hybridized carbons (Fsp3) is 0.500. The Morgan fingerprint density at radius 3 is 2.94 bits per heavy atom. The predicted molar refractivity (Wildman–Crippen MR) is 60.7 cm³/mol. The molecule has 0 amide bonds. The van der Waals surface area contributed by atoms with Crippen LogP contribution in [-0.4, -0.2) is 25.7 Å². The molecule has 2 rings (SSSR count). The molecule has 0 bridgehead atoms. The van der Waals surface area contributed by atoms with Gasteiger partial charge in [0.15, 0.2) is 0 Å². The van der Waals surface area contributed by atoms with E-state index >= 15 is 0 Å². The van der Waals surface area contributed by atoms with Gasteiger partial charge in [-0.05, 0) is 25.1 Å². The van der Waals surface area contributed by atoms with Crippen LogP contribution < -0.4 is 10.2 Å². The predicted octanol–water partition coefficient (Wildman–Crippen LogP) is 2.15. The van der Waals surface area contributed by atoms with Gasteiger partial charge in [-0.1, -0.05) is 6.92 Å². The van der Waals surface area contributed by atoms with E-state index in [4.69, 9.17) is 0 Å². The van der Waals surface area contributed by atoms with E-state index < -0.39 is 11.6 Å². The Hall–Kier alpha value is -1.16. The molecular weight excluding hydrogens is 210 g/mol. The number of nitrogens with zero attached hydrogens (tertiary/aromatic N) is 1. The standard InChI is InChI=1S/C12H16F2N2/c1-2-15-10-5-6-16(8-10)12-4-3-9(13)7-11(12)14/h3-4,7,10,15H,2,5-6,8H2,1H3. The lowest BCUT2D eigenvalue weighted by Crippen LogP contribution is -2.32. The second-order valence-corrected chi connectivity index (χ2v) is 4.09. The van der Waals surface area contributed by atoms with E-state index in [-0.39, 0.29) is 0 Å². The summed E-state index contributed by atoms with van der Waals surface area (Å²) in [5.41, 5.74) is 0.502. The van der Waals surface area contributed by atoms with Gasteiger partial charge in [0.05, 0.1) is 5.69 Å². The lowest BCUT2D eigenvalue weighted by atomic mass is 10.2. The number of hydrogen-bond acceptors (Lipinski definition) is 2. The molecule has 1 N–H and O–H groups in total. The highest BCUT2D eigenvalue weighted by Gasteiger charge is 2.23. The minimum atomic E-state index is -0.524. The summed E-state index contributed by atoms with van der Waals surface area (Å²) in [6.45, 7) is 4.59. The molecule has 1 aliphatic rings. The van der Waals surface area contributed by atoms with Crippen LogP contribution in [0.1, 0.15) is 13.3 Å². The molecular formula is C12H16F2N2. The van der Waals surface area contributed by atoms with E-state index in [1.165, 1.54) is 12.1 Å². The molecule has 88 valence electrons. The Morgan fingerprint density at radius 1 is 1.44 bits per heavy atom. The number of halogens is 2. The monoisotopic (exact) mass is 226 g/mol. The van der Waals surface area contributed by atoms with Crippen molar-refractivity contribution in [3.63, 3.8) is 0 Å². The first-order valence-electron chi connectivity index (χ1n) is 5.64. The average molecular weight is 226 g/mol. The fourth-order valence-electron chi connectivity index (χ4n) is 2.17. The molecule has 1 heterocycles. The summed E-state index contributed by atoms with van der Waals surface area (Å²) in [5.74, 6) is -0.999. The molecule has 2 nitrogen and oxygen atoms in total. The molecule has 1 fully saturated rings. The maximum atomic E-state index is 13.5. The quantitative estimate of drug-likeness (QED) is 0.849. The Balaban J connectivity index is 2.08. The maximum Gasteiger partial charge on any atom is 0.149 e. The summed E-state index contributed by atoms with van der Waals surface area (Å²) in [7, 11) is 0. The third kappa shape index (κ3) is 2.32. The number of benzene rings is 1. The highest BCUT2D eigenvalue weighted by molar-refractivity contribution is 5.49. The zero-order chi connectivity index (χ0) is 11.5. The Kier molecular flexibility index (Phi) is 3.39. The number of nitrogens with one attached hydrogen (secondary N) is 1. The summed E-state index contributed by atoms with van der Waals surface area (Å²) in [5, 5.41) is 3.34. The summed E-state index contributed by atoms with van der Waals surface area (Å²) < 4.78 is 26.3. The van der Waals surface area contributed by atoms with Crippen LogP contribution in [0.2, 0.25) is 0 Å². The van der Waals surface area contributed by atoms with Crippen molar-refractivity contribution in [2.75, 3.05) is 24.5 Å². The SMILES string of the molecule is CCNC1CCN(c2ccc(F)cc2F)C1. The van der Waals surface area contributed by atoms with E-state index in [0.29, 0.717) is 11.7 Å². The van der Waals surface area contributed by atoms with Gasteiger partial charge in [-0.2, -0.15) is 0 Å². The van der Waals surface area contributed by atoms with Crippen molar-refractivity contribution in [1.82, 2.24) is 5.32 Å². The molecule has 1 atom stereocenters. The lowest BCUT2D eigenvalue weighted by Gasteiger charge is -2.19. The first kappa shape index (κ1) is 11.3. The molecule has 4 heteroatoms. The zero-order valence-corrected chi connectivity index (χ0v) is 9.34. The summed E-state index contributed by atoms with van der Waals surface area (Å²) in [6.07, 6.45) is 1.00. The first-order chi connectivity index (χ1) is 7.70. The molecule has 1 unspecified atom stereocenters. The van der Waals surface area contributed by atoms with Gasteiger partial charge >= 0.3 is 0 Å². The van der Waals surface area contributed by atoms with E-state index in [0.717, 1.165) is 32.1 Å². The molecule has 1 saturated heterocycles. The fourth-order valence-corrected chi connectivity index (χ4v) is 2.17. The van der Waals surface area contributed by atoms with Crippen LogP contribution in [0.5, 0.6) is 0 Å². The highest BCUT2D eigenvalue weighted by atomic mass is 19.1. The molecule has 0 aromatic heterocycles. The summed E-state index contributed by atoms with van der Waals surface area (Å²) in [6, 6.07) is 4.17. The molecule has 0 spiro atoms. The molecule has 1 aliphatic heterocycles. The van der Waals surface area contributed by atoms with Crippen molar-refractivity contribution in [2.45, 2.75) is 19.4 Å². The molecule has 1 aromatic rings. The second kappa shape index (κ2) is 4.78. The minimum absolute atomic E-state index is 0.412. The minimum Gasteiger partial charge on any atom is -0.368 e. The van der Waals surface area contributed by atoms with E-state index in [1.54, 1.807) is 0 Å². The molecule has 0 radical (unpaired) electrons. The topological polar surface area (TPSA) is 15.3 Å². The largest absolute Gasteiger partial charge is 0.368 e. The molecule has 0 aliphatic carbocycles. The van der Waals surface area contributed by atoms with Gasteiger partial charge in [-0.25, -0.2) is 8.78 Å². The third-order valence-electron chi connectivity index (χ3n) is 2.93. The first-order valence-corrected chi connectivity index (χ1v) is 5.64. The van der Waals surface area contributed by atoms with Crippen LogP contribution in [0.15, 0.2) is 18.2 Å². The van der Waals surface area contributed by atoms with Gasteiger partial charge in [-0.15, -0.1) is 0 Å². The van der Waals surface area contributed by atoms with Crippen molar-refractivity contribution >= 4 is 5.69 Å². The summed E-state index contributed by atoms with van der Waals surface area (Å²) in [4.78, 5) is 1.96. The van der Waals surface area contributed by atoms with Gasteiger partial charge in [0.25, 0.3) is 0 Å². The van der Waals surface area contributed by atoms with E-state index in [2.05, 4.69) is 12.2 Å². The summed E-state index contributed by atoms with van der Waals surface area (Å²) >= 11 is 0. The molecule has 16 heavy (non-hydrogen) atoms. The van der Waals surface area contributed by atoms with Crippen LogP contribution >= 0.6 is 0 Å². The van der Waals surface area contributed by atoms with Gasteiger partial charge in [0.2, 0.25) is 0 Å². The van der Waals surface area contributed by atoms with Crippen molar-refractivity contribution in [3.05, 3.63) is 29.8 Å². The van der Waals surface area contributed by atoms with Crippen LogP contribution in [0.4, 0.5) is 14.5 Å². The second-order valence-electron chi connectivity index (χ2n) is 4.09. The van der Waals surface area contributed by atoms with Gasteiger partial charge < -0.3 is 10.2 Å². The maximum absolute atomic E-state index is 13.5. The van der Waals surface area contributed by atoms with Crippen molar-refractivity contribution in [1.29, 1.82) is 0 Å². The van der Waals surface area contributed by atoms with Gasteiger partial charge in [0.1, 0.15) is 11.6 Å². The molecule has 1 aromatic carbocycles. The average Bonchev–Trinajstić information content (AvgIpc) is 2.67. The van der Waals surface area contributed by atoms with Crippen LogP contribution in [-0.2, 0) is 0 Å². The van der Waals surface area contributed by atoms with Crippen LogP contribution in [0, 0.1) is 11.6 Å². The smallest absolute Gasteiger partial charge is 0.149 e. The lowest BCUT2D eigenvalue weighted by molar-refractivity contribution is 0.567.